The highest BCUT2D eigenvalue weighted by molar-refractivity contribution is 6.22. The number of nitrogens with zero attached hydrogens (tertiary/aromatic N) is 2. The normalized spacial score (nSPS) is 14.3. The summed E-state index contributed by atoms with van der Waals surface area (Å²) in [6.45, 7) is 1.17. The number of amides is 4. The Bertz CT molecular complexity index is 1630. The van der Waals surface area contributed by atoms with Gasteiger partial charge in [-0.3, -0.25) is 33.8 Å². The maximum absolute atomic E-state index is 14.3. The van der Waals surface area contributed by atoms with Gasteiger partial charge in [-0.05, 0) is 31.2 Å². The van der Waals surface area contributed by atoms with Crippen LogP contribution in [0, 0.1) is 6.92 Å². The number of benzene rings is 4. The summed E-state index contributed by atoms with van der Waals surface area (Å²) in [7, 11) is 0. The Morgan fingerprint density at radius 1 is 0.568 bits per heavy atom. The van der Waals surface area contributed by atoms with Crippen molar-refractivity contribution >= 4 is 29.4 Å². The van der Waals surface area contributed by atoms with Crippen molar-refractivity contribution in [3.05, 3.63) is 142 Å². The minimum atomic E-state index is -2.02. The van der Waals surface area contributed by atoms with E-state index in [4.69, 9.17) is 9.47 Å². The molecule has 0 spiro atoms. The first-order valence-corrected chi connectivity index (χ1v) is 14.2. The number of ketones is 1. The predicted molar refractivity (Wildman–Crippen MR) is 159 cm³/mol. The molecule has 0 N–H and O–H groups in total. The van der Waals surface area contributed by atoms with Crippen molar-refractivity contribution in [1.82, 2.24) is 9.80 Å². The second-order valence-electron chi connectivity index (χ2n) is 10.5. The van der Waals surface area contributed by atoms with Crippen LogP contribution < -0.4 is 0 Å². The zero-order valence-corrected chi connectivity index (χ0v) is 23.9. The molecule has 0 saturated heterocycles. The molecule has 2 aliphatic rings. The van der Waals surface area contributed by atoms with Crippen molar-refractivity contribution in [3.63, 3.8) is 0 Å². The van der Waals surface area contributed by atoms with E-state index in [-0.39, 0.29) is 26.3 Å². The molecular weight excluding hydrogens is 560 g/mol. The first kappa shape index (κ1) is 28.9. The lowest BCUT2D eigenvalue weighted by Crippen LogP contribution is -2.46. The number of rotatable bonds is 11. The molecule has 0 unspecified atom stereocenters. The zero-order valence-electron chi connectivity index (χ0n) is 23.9. The molecule has 0 fully saturated rings. The van der Waals surface area contributed by atoms with Gasteiger partial charge in [0.2, 0.25) is 5.78 Å². The predicted octanol–water partition coefficient (Wildman–Crippen LogP) is 4.66. The lowest BCUT2D eigenvalue weighted by Gasteiger charge is -2.34. The fourth-order valence-electron chi connectivity index (χ4n) is 5.47. The third kappa shape index (κ3) is 5.02. The van der Waals surface area contributed by atoms with Crippen molar-refractivity contribution in [2.24, 2.45) is 0 Å². The molecule has 0 atom stereocenters. The lowest BCUT2D eigenvalue weighted by atomic mass is 9.95. The van der Waals surface area contributed by atoms with E-state index in [1.165, 1.54) is 0 Å². The third-order valence-electron chi connectivity index (χ3n) is 7.76. The van der Waals surface area contributed by atoms with Gasteiger partial charge >= 0.3 is 0 Å². The molecular formula is C35H28N2O7. The van der Waals surface area contributed by atoms with Crippen LogP contribution in [-0.4, -0.2) is 65.5 Å². The number of carbonyl (C=O) groups excluding carboxylic acids is 5. The van der Waals surface area contributed by atoms with E-state index in [1.54, 1.807) is 103 Å². The average molecular weight is 589 g/mol. The molecule has 44 heavy (non-hydrogen) atoms. The van der Waals surface area contributed by atoms with Gasteiger partial charge in [-0.15, -0.1) is 0 Å². The number of fused-ring (bicyclic) bond motifs is 2. The molecule has 2 heterocycles. The van der Waals surface area contributed by atoms with E-state index >= 15 is 0 Å². The van der Waals surface area contributed by atoms with Crippen molar-refractivity contribution < 1.29 is 33.4 Å². The van der Waals surface area contributed by atoms with E-state index in [0.29, 0.717) is 33.4 Å². The number of Topliss-reactive ketones (excluding diaryl/α,β-unsaturated/α-hetero) is 1. The fraction of sp³-hybridized carbons (Fsp3) is 0.171. The molecule has 2 aliphatic heterocycles. The van der Waals surface area contributed by atoms with Gasteiger partial charge < -0.3 is 9.47 Å². The molecule has 6 rings (SSSR count). The van der Waals surface area contributed by atoms with Crippen LogP contribution in [0.5, 0.6) is 0 Å². The Hall–Kier alpha value is -5.25. The topological polar surface area (TPSA) is 110 Å². The van der Waals surface area contributed by atoms with E-state index < -0.39 is 35.2 Å². The summed E-state index contributed by atoms with van der Waals surface area (Å²) in [6, 6.07) is 28.6. The Labute approximate surface area is 253 Å². The highest BCUT2D eigenvalue weighted by Gasteiger charge is 2.45. The van der Waals surface area contributed by atoms with Crippen molar-refractivity contribution in [1.29, 1.82) is 0 Å². The monoisotopic (exact) mass is 588 g/mol. The molecule has 9 nitrogen and oxygen atoms in total. The van der Waals surface area contributed by atoms with Crippen LogP contribution in [0.2, 0.25) is 0 Å². The van der Waals surface area contributed by atoms with Gasteiger partial charge in [0, 0.05) is 11.1 Å². The number of aryl methyl sites for hydroxylation is 1. The van der Waals surface area contributed by atoms with Gasteiger partial charge in [0.1, 0.15) is 0 Å². The van der Waals surface area contributed by atoms with Crippen LogP contribution >= 0.6 is 0 Å². The summed E-state index contributed by atoms with van der Waals surface area (Å²) in [5, 5.41) is 0. The number of carbonyl (C=O) groups is 5. The zero-order chi connectivity index (χ0) is 30.8. The minimum absolute atomic E-state index is 0.135. The van der Waals surface area contributed by atoms with Gasteiger partial charge in [0.05, 0.1) is 48.6 Å². The van der Waals surface area contributed by atoms with E-state index in [9.17, 15) is 24.0 Å². The number of ether oxygens (including phenoxy) is 2. The summed E-state index contributed by atoms with van der Waals surface area (Å²) >= 11 is 0. The van der Waals surface area contributed by atoms with Gasteiger partial charge in [-0.1, -0.05) is 84.4 Å². The smallest absolute Gasteiger partial charge is 0.261 e. The molecule has 0 bridgehead atoms. The van der Waals surface area contributed by atoms with Gasteiger partial charge in [-0.2, -0.15) is 0 Å². The molecule has 9 heteroatoms. The molecule has 220 valence electrons. The fourth-order valence-corrected chi connectivity index (χ4v) is 5.47. The summed E-state index contributed by atoms with van der Waals surface area (Å²) in [4.78, 5) is 68.4. The number of imide groups is 2. The molecule has 0 saturated carbocycles. The maximum Gasteiger partial charge on any atom is 0.261 e. The van der Waals surface area contributed by atoms with Crippen molar-refractivity contribution in [2.75, 3.05) is 26.3 Å². The lowest BCUT2D eigenvalue weighted by molar-refractivity contribution is -0.210. The first-order valence-electron chi connectivity index (χ1n) is 14.2. The van der Waals surface area contributed by atoms with E-state index in [0.717, 1.165) is 15.4 Å². The van der Waals surface area contributed by atoms with Crippen LogP contribution in [0.15, 0.2) is 103 Å². The molecule has 0 aliphatic carbocycles. The highest BCUT2D eigenvalue weighted by atomic mass is 16.7. The summed E-state index contributed by atoms with van der Waals surface area (Å²) in [6.07, 6.45) is 0. The second-order valence-corrected chi connectivity index (χ2v) is 10.5. The van der Waals surface area contributed by atoms with Gasteiger partial charge in [0.15, 0.2) is 0 Å². The van der Waals surface area contributed by atoms with Crippen LogP contribution in [0.25, 0.3) is 0 Å². The van der Waals surface area contributed by atoms with Gasteiger partial charge in [-0.25, -0.2) is 0 Å². The molecule has 0 aromatic heterocycles. The summed E-state index contributed by atoms with van der Waals surface area (Å²) in [5.41, 5.74) is 2.85. The van der Waals surface area contributed by atoms with Crippen molar-refractivity contribution in [2.45, 2.75) is 12.7 Å². The van der Waals surface area contributed by atoms with Crippen LogP contribution in [0.4, 0.5) is 0 Å². The Balaban J connectivity index is 1.29. The highest BCUT2D eigenvalue weighted by Crippen LogP contribution is 2.33. The van der Waals surface area contributed by atoms with Crippen LogP contribution in [-0.2, 0) is 15.3 Å². The molecule has 4 amide bonds. The third-order valence-corrected chi connectivity index (χ3v) is 7.76. The van der Waals surface area contributed by atoms with Crippen LogP contribution in [0.3, 0.4) is 0 Å². The average Bonchev–Trinajstić information content (AvgIpc) is 3.45. The summed E-state index contributed by atoms with van der Waals surface area (Å²) in [5.74, 6) is -4.33. The Kier molecular flexibility index (Phi) is 7.73. The second kappa shape index (κ2) is 11.8. The Morgan fingerprint density at radius 2 is 0.955 bits per heavy atom. The first-order chi connectivity index (χ1) is 21.3. The number of hydrogen-bond acceptors (Lipinski definition) is 7. The summed E-state index contributed by atoms with van der Waals surface area (Å²) < 4.78 is 12.6. The van der Waals surface area contributed by atoms with Crippen LogP contribution in [0.1, 0.15) is 62.9 Å². The molecule has 0 radical (unpaired) electrons. The number of hydrogen-bond donors (Lipinski definition) is 0. The molecule has 4 aromatic carbocycles. The SMILES string of the molecule is Cc1ccc(C(=O)C(OCCN2C(=O)c3ccccc3C2=O)(OCCN2C(=O)c3ccccc3C2=O)c2ccccc2)cc1. The Morgan fingerprint density at radius 3 is 1.36 bits per heavy atom. The minimum Gasteiger partial charge on any atom is -0.338 e. The largest absolute Gasteiger partial charge is 0.338 e. The van der Waals surface area contributed by atoms with E-state index in [2.05, 4.69) is 0 Å². The quantitative estimate of drug-likeness (QED) is 0.142. The standard InChI is InChI=1S/C35H28N2O7/c1-23-15-17-24(18-16-23)30(38)35(25-9-3-2-4-10-25,43-21-19-36-31(39)26-11-5-6-12-27(26)32(36)40)44-22-20-37-33(41)28-13-7-8-14-29(28)34(37)42/h2-18H,19-22H2,1H3. The maximum atomic E-state index is 14.3. The van der Waals surface area contributed by atoms with Gasteiger partial charge in [0.25, 0.3) is 29.4 Å². The van der Waals surface area contributed by atoms with Crippen molar-refractivity contribution in [3.8, 4) is 0 Å². The molecule has 4 aromatic rings. The van der Waals surface area contributed by atoms with E-state index in [1.807, 2.05) is 6.92 Å².